The molecule has 0 aromatic heterocycles. The molecule has 3 aromatic carbocycles. The number of rotatable bonds is 23. The van der Waals surface area contributed by atoms with Gasteiger partial charge in [0, 0.05) is 13.7 Å². The minimum absolute atomic E-state index is 0.0911. The van der Waals surface area contributed by atoms with Crippen LogP contribution in [0.25, 0.3) is 11.1 Å². The van der Waals surface area contributed by atoms with Gasteiger partial charge >= 0.3 is 18.1 Å². The van der Waals surface area contributed by atoms with Crippen LogP contribution in [0.5, 0.6) is 11.5 Å². The summed E-state index contributed by atoms with van der Waals surface area (Å²) in [5, 5.41) is 0. The van der Waals surface area contributed by atoms with Gasteiger partial charge in [0.25, 0.3) is 0 Å². The van der Waals surface area contributed by atoms with Gasteiger partial charge in [-0.1, -0.05) is 89.3 Å². The quantitative estimate of drug-likeness (QED) is 0.0424. The van der Waals surface area contributed by atoms with Crippen molar-refractivity contribution in [2.75, 3.05) is 20.3 Å². The molecule has 0 radical (unpaired) electrons. The number of ether oxygens (including phenoxy) is 4. The third-order valence-corrected chi connectivity index (χ3v) is 8.37. The Morgan fingerprint density at radius 1 is 0.660 bits per heavy atom. The number of esters is 2. The molecule has 0 bridgehead atoms. The Hall–Kier alpha value is -3.92. The van der Waals surface area contributed by atoms with E-state index in [-0.39, 0.29) is 35.5 Å². The Balaban J connectivity index is 1.43. The van der Waals surface area contributed by atoms with Crippen LogP contribution in [-0.4, -0.2) is 44.5 Å². The number of hydrogen-bond acceptors (Lipinski definition) is 6. The summed E-state index contributed by atoms with van der Waals surface area (Å²) in [6.45, 7) is 3.01. The summed E-state index contributed by atoms with van der Waals surface area (Å²) in [7, 11) is 1.46. The molecule has 6 nitrogen and oxygen atoms in total. The molecule has 50 heavy (non-hydrogen) atoms. The van der Waals surface area contributed by atoms with Crippen LogP contribution in [0.3, 0.4) is 0 Å². The zero-order valence-electron chi connectivity index (χ0n) is 29.2. The van der Waals surface area contributed by atoms with Crippen molar-refractivity contribution in [3.8, 4) is 22.6 Å². The summed E-state index contributed by atoms with van der Waals surface area (Å²) in [5.41, 5.74) is 1.43. The molecule has 10 heteroatoms. The number of halogens is 4. The highest BCUT2D eigenvalue weighted by atomic mass is 19.4. The molecule has 0 fully saturated rings. The first-order chi connectivity index (χ1) is 24.1. The summed E-state index contributed by atoms with van der Waals surface area (Å²) in [6, 6.07) is 16.2. The van der Waals surface area contributed by atoms with Crippen molar-refractivity contribution in [2.45, 2.75) is 109 Å². The van der Waals surface area contributed by atoms with Crippen LogP contribution in [0.1, 0.15) is 118 Å². The van der Waals surface area contributed by atoms with Crippen molar-refractivity contribution in [1.82, 2.24) is 0 Å². The average Bonchev–Trinajstić information content (AvgIpc) is 3.10. The Bertz CT molecular complexity index is 1420. The average molecular weight is 703 g/mol. The van der Waals surface area contributed by atoms with E-state index in [0.29, 0.717) is 30.8 Å². The van der Waals surface area contributed by atoms with Gasteiger partial charge in [0.15, 0.2) is 17.7 Å². The molecule has 274 valence electrons. The molecule has 0 spiro atoms. The van der Waals surface area contributed by atoms with E-state index in [4.69, 9.17) is 18.9 Å². The lowest BCUT2D eigenvalue weighted by Crippen LogP contribution is -2.34. The smallest absolute Gasteiger partial charge is 0.425 e. The lowest BCUT2D eigenvalue weighted by molar-refractivity contribution is -0.206. The first-order valence-corrected chi connectivity index (χ1v) is 17.7. The summed E-state index contributed by atoms with van der Waals surface area (Å²) >= 11 is 0. The van der Waals surface area contributed by atoms with Gasteiger partial charge in [-0.25, -0.2) is 14.0 Å². The predicted octanol–water partition coefficient (Wildman–Crippen LogP) is 11.3. The highest BCUT2D eigenvalue weighted by Gasteiger charge is 2.42. The maximum Gasteiger partial charge on any atom is 0.425 e. The predicted molar refractivity (Wildman–Crippen MR) is 186 cm³/mol. The number of alkyl halides is 3. The van der Waals surface area contributed by atoms with Crippen LogP contribution in [0, 0.1) is 5.82 Å². The van der Waals surface area contributed by atoms with Gasteiger partial charge < -0.3 is 18.9 Å². The van der Waals surface area contributed by atoms with E-state index in [1.54, 1.807) is 36.4 Å². The van der Waals surface area contributed by atoms with Gasteiger partial charge in [-0.15, -0.1) is 0 Å². The first kappa shape index (κ1) is 40.5. The normalized spacial score (nSPS) is 12.0. The molecule has 0 amide bonds. The Labute approximate surface area is 293 Å². The fourth-order valence-electron chi connectivity index (χ4n) is 5.43. The summed E-state index contributed by atoms with van der Waals surface area (Å²) < 4.78 is 75.5. The zero-order valence-corrected chi connectivity index (χ0v) is 29.2. The Morgan fingerprint density at radius 2 is 1.20 bits per heavy atom. The van der Waals surface area contributed by atoms with Gasteiger partial charge in [-0.2, -0.15) is 13.2 Å². The molecule has 0 saturated heterocycles. The maximum absolute atomic E-state index is 14.8. The van der Waals surface area contributed by atoms with Crippen molar-refractivity contribution in [2.24, 2.45) is 0 Å². The monoisotopic (exact) mass is 702 g/mol. The van der Waals surface area contributed by atoms with Gasteiger partial charge in [0.1, 0.15) is 5.75 Å². The van der Waals surface area contributed by atoms with Crippen LogP contribution < -0.4 is 9.47 Å². The van der Waals surface area contributed by atoms with Crippen molar-refractivity contribution in [3.63, 3.8) is 0 Å². The van der Waals surface area contributed by atoms with E-state index < -0.39 is 30.0 Å². The minimum atomic E-state index is -4.70. The van der Waals surface area contributed by atoms with E-state index in [2.05, 4.69) is 6.92 Å². The number of carbonyl (C=O) groups is 2. The lowest BCUT2D eigenvalue weighted by atomic mass is 10.0. The number of unbranched alkanes of at least 4 members (excludes halogenated alkanes) is 11. The molecule has 3 rings (SSSR count). The topological polar surface area (TPSA) is 71.1 Å². The van der Waals surface area contributed by atoms with Crippen LogP contribution in [0.15, 0.2) is 66.7 Å². The third-order valence-electron chi connectivity index (χ3n) is 8.37. The van der Waals surface area contributed by atoms with Gasteiger partial charge in [0.2, 0.25) is 0 Å². The van der Waals surface area contributed by atoms with E-state index in [0.717, 1.165) is 19.3 Å². The van der Waals surface area contributed by atoms with Crippen molar-refractivity contribution >= 4 is 11.9 Å². The first-order valence-electron chi connectivity index (χ1n) is 17.7. The van der Waals surface area contributed by atoms with E-state index in [9.17, 15) is 27.2 Å². The van der Waals surface area contributed by atoms with E-state index >= 15 is 0 Å². The fraction of sp³-hybridized carbons (Fsp3) is 0.500. The van der Waals surface area contributed by atoms with Crippen molar-refractivity contribution in [3.05, 3.63) is 83.7 Å². The lowest BCUT2D eigenvalue weighted by Gasteiger charge is -2.20. The second-order valence-corrected chi connectivity index (χ2v) is 12.4. The van der Waals surface area contributed by atoms with Crippen LogP contribution >= 0.6 is 0 Å². The highest BCUT2D eigenvalue weighted by Crippen LogP contribution is 2.29. The minimum Gasteiger partial charge on any atom is -0.491 e. The van der Waals surface area contributed by atoms with Crippen molar-refractivity contribution in [1.29, 1.82) is 0 Å². The molecule has 0 unspecified atom stereocenters. The van der Waals surface area contributed by atoms with Gasteiger partial charge in [0.05, 0.1) is 17.7 Å². The van der Waals surface area contributed by atoms with Gasteiger partial charge in [-0.3, -0.25) is 0 Å². The van der Waals surface area contributed by atoms with Crippen LogP contribution in [-0.2, 0) is 9.47 Å². The van der Waals surface area contributed by atoms with Gasteiger partial charge in [-0.05, 0) is 85.3 Å². The number of carbonyl (C=O) groups excluding carboxylic acids is 2. The third kappa shape index (κ3) is 14.5. The number of benzene rings is 3. The number of methoxy groups -OCH3 is 1. The Morgan fingerprint density at radius 3 is 1.78 bits per heavy atom. The fourth-order valence-corrected chi connectivity index (χ4v) is 5.43. The molecule has 0 saturated carbocycles. The van der Waals surface area contributed by atoms with Crippen molar-refractivity contribution < 1.29 is 46.1 Å². The summed E-state index contributed by atoms with van der Waals surface area (Å²) in [5.74, 6) is -1.98. The molecule has 3 aromatic rings. The molecular weight excluding hydrogens is 652 g/mol. The molecule has 0 aliphatic heterocycles. The molecule has 0 aliphatic carbocycles. The maximum atomic E-state index is 14.8. The molecule has 1 atom stereocenters. The number of hydrogen-bond donors (Lipinski definition) is 0. The highest BCUT2D eigenvalue weighted by molar-refractivity contribution is 5.92. The van der Waals surface area contributed by atoms with E-state index in [1.165, 1.54) is 88.8 Å². The van der Waals surface area contributed by atoms with E-state index in [1.807, 2.05) is 0 Å². The largest absolute Gasteiger partial charge is 0.491 e. The molecule has 0 aliphatic rings. The summed E-state index contributed by atoms with van der Waals surface area (Å²) in [6.07, 6.45) is 6.80. The SMILES string of the molecule is CCCCCCCCCCCCCOc1ccc(-c2ccc(C(=O)Oc3ccc(C(=O)O[C@H](CCCCOC)C(F)(F)F)cc3)cc2)cc1F. The summed E-state index contributed by atoms with van der Waals surface area (Å²) in [4.78, 5) is 25.1. The Kier molecular flexibility index (Phi) is 17.8. The zero-order chi connectivity index (χ0) is 36.2. The van der Waals surface area contributed by atoms with Crippen LogP contribution in [0.2, 0.25) is 0 Å². The molecule has 0 N–H and O–H groups in total. The second-order valence-electron chi connectivity index (χ2n) is 12.4. The molecule has 0 heterocycles. The standard InChI is InChI=1S/C40H50F4O6/c1-3-4-5-6-7-8-9-10-11-12-14-28-48-36-26-23-33(29-35(36)41)30-17-19-31(20-18-30)38(45)49-34-24-21-32(22-25-34)39(46)50-37(40(42,43)44)16-13-15-27-47-2/h17-26,29,37H,3-16,27-28H2,1-2H3/t37-/m1/s1. The second kappa shape index (κ2) is 22.0. The van der Waals surface area contributed by atoms with Crippen LogP contribution in [0.4, 0.5) is 17.6 Å². The molecular formula is C40H50F4O6.